The highest BCUT2D eigenvalue weighted by atomic mass is 16.2. The van der Waals surface area contributed by atoms with Gasteiger partial charge in [0.2, 0.25) is 23.6 Å². The molecule has 1 spiro atoms. The Morgan fingerprint density at radius 1 is 0.951 bits per heavy atom. The summed E-state index contributed by atoms with van der Waals surface area (Å²) in [6, 6.07) is 7.73. The third kappa shape index (κ3) is 9.28. The van der Waals surface area contributed by atoms with Crippen LogP contribution in [0.1, 0.15) is 96.1 Å². The number of fused-ring (bicyclic) bond motifs is 1. The standard InChI is InChI=1S/C32H49N5O4/c1-31(2,3)21-29(40)37-17-14-32(15-18-37)20-28(39)33-16-8-13-26(35-25-11-6-7-12-25)30(41)34-22-24-10-5-4-9-23(24)19-27(38)36-32/h4-5,9-10,25-26,35H,6-8,11-22H2,1-3H3,(H,33,39)(H,34,41)(H,36,38)/t26-/m0/s1. The van der Waals surface area contributed by atoms with Crippen LogP contribution in [0.15, 0.2) is 24.3 Å². The molecule has 2 heterocycles. The molecule has 0 radical (unpaired) electrons. The minimum Gasteiger partial charge on any atom is -0.356 e. The van der Waals surface area contributed by atoms with Crippen molar-refractivity contribution in [2.75, 3.05) is 19.6 Å². The topological polar surface area (TPSA) is 120 Å². The van der Waals surface area contributed by atoms with Gasteiger partial charge in [-0.2, -0.15) is 0 Å². The summed E-state index contributed by atoms with van der Waals surface area (Å²) in [5.41, 5.74) is 0.972. The molecule has 2 fully saturated rings. The van der Waals surface area contributed by atoms with Gasteiger partial charge in [0.15, 0.2) is 0 Å². The number of benzene rings is 1. The van der Waals surface area contributed by atoms with Gasteiger partial charge in [0.25, 0.3) is 0 Å². The van der Waals surface area contributed by atoms with Crippen LogP contribution in [0.5, 0.6) is 0 Å². The molecule has 1 atom stereocenters. The monoisotopic (exact) mass is 567 g/mol. The first kappa shape index (κ1) is 31.0. The Kier molecular flexibility index (Phi) is 10.4. The second kappa shape index (κ2) is 13.8. The van der Waals surface area contributed by atoms with Crippen molar-refractivity contribution in [3.63, 3.8) is 0 Å². The Hall–Kier alpha value is -2.94. The molecule has 226 valence electrons. The zero-order valence-corrected chi connectivity index (χ0v) is 25.2. The first-order valence-corrected chi connectivity index (χ1v) is 15.5. The van der Waals surface area contributed by atoms with E-state index >= 15 is 0 Å². The molecule has 41 heavy (non-hydrogen) atoms. The average molecular weight is 568 g/mol. The van der Waals surface area contributed by atoms with Gasteiger partial charge in [-0.15, -0.1) is 0 Å². The van der Waals surface area contributed by atoms with Crippen LogP contribution in [0.4, 0.5) is 0 Å². The lowest BCUT2D eigenvalue weighted by Crippen LogP contribution is -2.58. The van der Waals surface area contributed by atoms with Gasteiger partial charge >= 0.3 is 0 Å². The van der Waals surface area contributed by atoms with Gasteiger partial charge in [-0.3, -0.25) is 19.2 Å². The summed E-state index contributed by atoms with van der Waals surface area (Å²) >= 11 is 0. The summed E-state index contributed by atoms with van der Waals surface area (Å²) in [6.07, 6.45) is 7.71. The van der Waals surface area contributed by atoms with Gasteiger partial charge in [0.05, 0.1) is 18.0 Å². The molecule has 0 aromatic heterocycles. The van der Waals surface area contributed by atoms with E-state index in [0.29, 0.717) is 64.3 Å². The summed E-state index contributed by atoms with van der Waals surface area (Å²) in [5.74, 6) is -0.190. The summed E-state index contributed by atoms with van der Waals surface area (Å²) in [5, 5.41) is 12.9. The first-order chi connectivity index (χ1) is 19.5. The maximum atomic E-state index is 13.4. The highest BCUT2D eigenvalue weighted by Crippen LogP contribution is 2.29. The normalized spacial score (nSPS) is 23.4. The van der Waals surface area contributed by atoms with E-state index in [1.165, 1.54) is 12.8 Å². The van der Waals surface area contributed by atoms with Gasteiger partial charge in [-0.1, -0.05) is 57.9 Å². The van der Waals surface area contributed by atoms with Gasteiger partial charge in [0.1, 0.15) is 0 Å². The smallest absolute Gasteiger partial charge is 0.237 e. The lowest BCUT2D eigenvalue weighted by atomic mass is 9.82. The molecule has 0 unspecified atom stereocenters. The largest absolute Gasteiger partial charge is 0.356 e. The Morgan fingerprint density at radius 3 is 2.32 bits per heavy atom. The third-order valence-electron chi connectivity index (χ3n) is 8.68. The van der Waals surface area contributed by atoms with Crippen LogP contribution >= 0.6 is 0 Å². The van der Waals surface area contributed by atoms with Crippen molar-refractivity contribution < 1.29 is 19.2 Å². The number of carbonyl (C=O) groups is 4. The number of likely N-dealkylation sites (tertiary alicyclic amines) is 1. The van der Waals surface area contributed by atoms with Crippen molar-refractivity contribution in [2.24, 2.45) is 5.41 Å². The summed E-state index contributed by atoms with van der Waals surface area (Å²) in [6.45, 7) is 8.02. The zero-order chi connectivity index (χ0) is 29.5. The van der Waals surface area contributed by atoms with Crippen molar-refractivity contribution in [1.29, 1.82) is 0 Å². The average Bonchev–Trinajstić information content (AvgIpc) is 3.42. The molecule has 4 rings (SSSR count). The molecule has 1 aromatic rings. The van der Waals surface area contributed by atoms with Crippen LogP contribution in [-0.4, -0.2) is 65.8 Å². The highest BCUT2D eigenvalue weighted by Gasteiger charge is 2.39. The van der Waals surface area contributed by atoms with Crippen molar-refractivity contribution in [3.8, 4) is 0 Å². The SMILES string of the molecule is CC(C)(C)CC(=O)N1CCC2(CC1)CC(=O)NCCC[C@H](NC1CCCC1)C(=O)NCc1ccccc1CC(=O)N2. The first-order valence-electron chi connectivity index (χ1n) is 15.5. The van der Waals surface area contributed by atoms with Crippen molar-refractivity contribution >= 4 is 23.6 Å². The molecule has 0 bridgehead atoms. The molecule has 9 heteroatoms. The zero-order valence-electron chi connectivity index (χ0n) is 25.2. The Labute approximate surface area is 245 Å². The quantitative estimate of drug-likeness (QED) is 0.448. The maximum Gasteiger partial charge on any atom is 0.237 e. The van der Waals surface area contributed by atoms with Gasteiger partial charge in [-0.05, 0) is 55.1 Å². The van der Waals surface area contributed by atoms with Gasteiger partial charge in [0, 0.05) is 45.1 Å². The number of carbonyl (C=O) groups excluding carboxylic acids is 4. The Morgan fingerprint density at radius 2 is 1.63 bits per heavy atom. The highest BCUT2D eigenvalue weighted by molar-refractivity contribution is 5.84. The molecular formula is C32H49N5O4. The molecule has 4 N–H and O–H groups in total. The van der Waals surface area contributed by atoms with Crippen molar-refractivity contribution in [3.05, 3.63) is 35.4 Å². The molecular weight excluding hydrogens is 518 g/mol. The van der Waals surface area contributed by atoms with Crippen LogP contribution in [0.2, 0.25) is 0 Å². The van der Waals surface area contributed by atoms with E-state index in [4.69, 9.17) is 0 Å². The number of rotatable bonds is 3. The van der Waals surface area contributed by atoms with Crippen molar-refractivity contribution in [1.82, 2.24) is 26.2 Å². The van der Waals surface area contributed by atoms with Gasteiger partial charge < -0.3 is 26.2 Å². The summed E-state index contributed by atoms with van der Waals surface area (Å²) in [7, 11) is 0. The minimum absolute atomic E-state index is 0.0405. The minimum atomic E-state index is -0.702. The van der Waals surface area contributed by atoms with E-state index < -0.39 is 5.54 Å². The second-order valence-corrected chi connectivity index (χ2v) is 13.5. The summed E-state index contributed by atoms with van der Waals surface area (Å²) < 4.78 is 0. The number of nitrogens with one attached hydrogen (secondary N) is 4. The fourth-order valence-electron chi connectivity index (χ4n) is 6.39. The summed E-state index contributed by atoms with van der Waals surface area (Å²) in [4.78, 5) is 54.5. The molecule has 1 aliphatic carbocycles. The molecule has 3 aliphatic rings. The van der Waals surface area contributed by atoms with Crippen LogP contribution in [0.25, 0.3) is 0 Å². The van der Waals surface area contributed by atoms with E-state index in [9.17, 15) is 19.2 Å². The van der Waals surface area contributed by atoms with Crippen LogP contribution in [0.3, 0.4) is 0 Å². The van der Waals surface area contributed by atoms with E-state index in [1.54, 1.807) is 0 Å². The molecule has 1 aromatic carbocycles. The molecule has 4 amide bonds. The fraction of sp³-hybridized carbons (Fsp3) is 0.688. The van der Waals surface area contributed by atoms with Gasteiger partial charge in [-0.25, -0.2) is 0 Å². The number of nitrogens with zero attached hydrogens (tertiary/aromatic N) is 1. The Bertz CT molecular complexity index is 1080. The fourth-order valence-corrected chi connectivity index (χ4v) is 6.39. The van der Waals surface area contributed by atoms with Crippen molar-refractivity contribution in [2.45, 2.75) is 116 Å². The van der Waals surface area contributed by atoms with E-state index in [0.717, 1.165) is 24.0 Å². The second-order valence-electron chi connectivity index (χ2n) is 13.5. The number of hydrogen-bond donors (Lipinski definition) is 4. The third-order valence-corrected chi connectivity index (χ3v) is 8.68. The maximum absolute atomic E-state index is 13.4. The van der Waals surface area contributed by atoms with Crippen LogP contribution in [0, 0.1) is 5.41 Å². The molecule has 9 nitrogen and oxygen atoms in total. The van der Waals surface area contributed by atoms with Crippen LogP contribution in [-0.2, 0) is 32.1 Å². The lowest BCUT2D eigenvalue weighted by molar-refractivity contribution is -0.135. The number of piperidine rings is 1. The number of amides is 4. The molecule has 2 aliphatic heterocycles. The molecule has 1 saturated carbocycles. The van der Waals surface area contributed by atoms with E-state index in [2.05, 4.69) is 42.0 Å². The van der Waals surface area contributed by atoms with Crippen LogP contribution < -0.4 is 21.3 Å². The predicted octanol–water partition coefficient (Wildman–Crippen LogP) is 2.96. The lowest BCUT2D eigenvalue weighted by Gasteiger charge is -2.42. The number of hydrogen-bond acceptors (Lipinski definition) is 5. The predicted molar refractivity (Wildman–Crippen MR) is 159 cm³/mol. The Balaban J connectivity index is 1.49. The van der Waals surface area contributed by atoms with E-state index in [-0.39, 0.29) is 47.9 Å². The molecule has 1 saturated heterocycles. The van der Waals surface area contributed by atoms with E-state index in [1.807, 2.05) is 29.2 Å².